The van der Waals surface area contributed by atoms with E-state index in [9.17, 15) is 9.59 Å². The SMILES string of the molecule is CCOC(=O)[C@@H]1C2c3ccccc3C(c3ccccc32)[C@H]1C(=O)OCC. The minimum Gasteiger partial charge on any atom is -0.466 e. The number of esters is 2. The van der Waals surface area contributed by atoms with Gasteiger partial charge in [0.2, 0.25) is 0 Å². The molecule has 4 nitrogen and oxygen atoms in total. The molecule has 2 bridgehead atoms. The highest BCUT2D eigenvalue weighted by Crippen LogP contribution is 2.58. The van der Waals surface area contributed by atoms with Gasteiger partial charge < -0.3 is 9.47 Å². The van der Waals surface area contributed by atoms with Crippen molar-refractivity contribution in [3.05, 3.63) is 70.8 Å². The summed E-state index contributed by atoms with van der Waals surface area (Å²) >= 11 is 0. The molecule has 2 atom stereocenters. The number of hydrogen-bond acceptors (Lipinski definition) is 4. The quantitative estimate of drug-likeness (QED) is 0.790. The van der Waals surface area contributed by atoms with Crippen LogP contribution >= 0.6 is 0 Å². The average molecular weight is 350 g/mol. The lowest BCUT2D eigenvalue weighted by Crippen LogP contribution is -2.48. The number of fused-ring (bicyclic) bond motifs is 1. The molecule has 2 aromatic carbocycles. The predicted molar refractivity (Wildman–Crippen MR) is 96.8 cm³/mol. The van der Waals surface area contributed by atoms with Crippen LogP contribution in [0.25, 0.3) is 0 Å². The largest absolute Gasteiger partial charge is 0.466 e. The fourth-order valence-electron chi connectivity index (χ4n) is 4.72. The van der Waals surface area contributed by atoms with Crippen molar-refractivity contribution in [3.63, 3.8) is 0 Å². The van der Waals surface area contributed by atoms with Crippen LogP contribution in [0.5, 0.6) is 0 Å². The summed E-state index contributed by atoms with van der Waals surface area (Å²) in [5, 5.41) is 0. The summed E-state index contributed by atoms with van der Waals surface area (Å²) < 4.78 is 10.8. The van der Waals surface area contributed by atoms with Gasteiger partial charge in [-0.15, -0.1) is 0 Å². The minimum atomic E-state index is -0.552. The van der Waals surface area contributed by atoms with Gasteiger partial charge in [0.15, 0.2) is 0 Å². The van der Waals surface area contributed by atoms with E-state index in [0.717, 1.165) is 22.3 Å². The van der Waals surface area contributed by atoms with Gasteiger partial charge in [0.05, 0.1) is 25.0 Å². The second-order valence-corrected chi connectivity index (χ2v) is 6.77. The molecule has 0 heterocycles. The predicted octanol–water partition coefficient (Wildman–Crippen LogP) is 3.64. The van der Waals surface area contributed by atoms with E-state index in [4.69, 9.17) is 9.47 Å². The summed E-state index contributed by atoms with van der Waals surface area (Å²) in [6.45, 7) is 4.18. The number of rotatable bonds is 4. The summed E-state index contributed by atoms with van der Waals surface area (Å²) in [5.41, 5.74) is 4.48. The van der Waals surface area contributed by atoms with Gasteiger partial charge >= 0.3 is 11.9 Å². The summed E-state index contributed by atoms with van der Waals surface area (Å²) in [6, 6.07) is 16.2. The molecule has 4 heteroatoms. The van der Waals surface area contributed by atoms with E-state index in [0.29, 0.717) is 13.2 Å². The van der Waals surface area contributed by atoms with Crippen molar-refractivity contribution in [1.29, 1.82) is 0 Å². The molecule has 0 fully saturated rings. The highest BCUT2D eigenvalue weighted by Gasteiger charge is 2.56. The lowest BCUT2D eigenvalue weighted by atomic mass is 9.54. The lowest BCUT2D eigenvalue weighted by Gasteiger charge is -2.48. The van der Waals surface area contributed by atoms with Gasteiger partial charge in [-0.25, -0.2) is 0 Å². The van der Waals surface area contributed by atoms with Gasteiger partial charge in [-0.05, 0) is 36.1 Å². The van der Waals surface area contributed by atoms with E-state index >= 15 is 0 Å². The standard InChI is InChI=1S/C22H22O4/c1-3-25-21(23)19-17-13-9-5-7-11-15(13)18(20(19)22(24)26-4-2)16-12-8-6-10-14(16)17/h5-12,17-20H,3-4H2,1-2H3/t17?,18?,19-,20-/m1/s1. The molecule has 26 heavy (non-hydrogen) atoms. The molecule has 134 valence electrons. The number of hydrogen-bond donors (Lipinski definition) is 0. The molecule has 3 aliphatic carbocycles. The Bertz CT molecular complexity index is 739. The molecular weight excluding hydrogens is 328 g/mol. The van der Waals surface area contributed by atoms with E-state index in [1.54, 1.807) is 13.8 Å². The zero-order chi connectivity index (χ0) is 18.3. The molecule has 5 rings (SSSR count). The summed E-state index contributed by atoms with van der Waals surface area (Å²) in [5.74, 6) is -2.09. The smallest absolute Gasteiger partial charge is 0.310 e. The normalized spacial score (nSPS) is 25.2. The maximum absolute atomic E-state index is 12.9. The Morgan fingerprint density at radius 3 is 1.27 bits per heavy atom. The second-order valence-electron chi connectivity index (χ2n) is 6.77. The molecule has 0 amide bonds. The Morgan fingerprint density at radius 2 is 1.00 bits per heavy atom. The molecule has 0 saturated heterocycles. The van der Waals surface area contributed by atoms with Crippen LogP contribution in [0.2, 0.25) is 0 Å². The third-order valence-electron chi connectivity index (χ3n) is 5.55. The molecule has 0 N–H and O–H groups in total. The number of benzene rings is 2. The zero-order valence-corrected chi connectivity index (χ0v) is 15.0. The Hall–Kier alpha value is -2.62. The first-order valence-corrected chi connectivity index (χ1v) is 9.19. The molecule has 2 aromatic rings. The first-order valence-electron chi connectivity index (χ1n) is 9.19. The Morgan fingerprint density at radius 1 is 0.692 bits per heavy atom. The van der Waals surface area contributed by atoms with Crippen LogP contribution in [0.4, 0.5) is 0 Å². The minimum absolute atomic E-state index is 0.180. The van der Waals surface area contributed by atoms with E-state index in [1.165, 1.54) is 0 Å². The van der Waals surface area contributed by atoms with Gasteiger partial charge in [0.25, 0.3) is 0 Å². The van der Waals surface area contributed by atoms with Crippen molar-refractivity contribution in [1.82, 2.24) is 0 Å². The van der Waals surface area contributed by atoms with Gasteiger partial charge in [-0.2, -0.15) is 0 Å². The first-order chi connectivity index (χ1) is 12.7. The molecule has 0 spiro atoms. The Labute approximate surface area is 153 Å². The fraction of sp³-hybridized carbons (Fsp3) is 0.364. The molecule has 0 aromatic heterocycles. The van der Waals surface area contributed by atoms with E-state index < -0.39 is 11.8 Å². The summed E-state index contributed by atoms with van der Waals surface area (Å²) in [4.78, 5) is 25.8. The maximum atomic E-state index is 12.9. The van der Waals surface area contributed by atoms with Crippen LogP contribution in [0.3, 0.4) is 0 Å². The van der Waals surface area contributed by atoms with Crippen molar-refractivity contribution in [2.45, 2.75) is 25.7 Å². The zero-order valence-electron chi connectivity index (χ0n) is 15.0. The van der Waals surface area contributed by atoms with Crippen molar-refractivity contribution in [3.8, 4) is 0 Å². The van der Waals surface area contributed by atoms with E-state index in [2.05, 4.69) is 24.3 Å². The lowest BCUT2D eigenvalue weighted by molar-refractivity contribution is -0.163. The maximum Gasteiger partial charge on any atom is 0.310 e. The van der Waals surface area contributed by atoms with Crippen LogP contribution in [-0.2, 0) is 19.1 Å². The van der Waals surface area contributed by atoms with Crippen LogP contribution in [-0.4, -0.2) is 25.2 Å². The summed E-state index contributed by atoms with van der Waals surface area (Å²) in [7, 11) is 0. The van der Waals surface area contributed by atoms with Crippen LogP contribution < -0.4 is 0 Å². The van der Waals surface area contributed by atoms with Gasteiger partial charge in [-0.3, -0.25) is 9.59 Å². The Kier molecular flexibility index (Phi) is 4.27. The van der Waals surface area contributed by atoms with Crippen molar-refractivity contribution in [2.75, 3.05) is 13.2 Å². The van der Waals surface area contributed by atoms with Gasteiger partial charge in [0.1, 0.15) is 0 Å². The average Bonchev–Trinajstić information content (AvgIpc) is 2.67. The molecular formula is C22H22O4. The number of ether oxygens (including phenoxy) is 2. The third-order valence-corrected chi connectivity index (χ3v) is 5.55. The van der Waals surface area contributed by atoms with Crippen molar-refractivity contribution in [2.24, 2.45) is 11.8 Å². The third kappa shape index (κ3) is 2.36. The van der Waals surface area contributed by atoms with Crippen LogP contribution in [0.15, 0.2) is 48.5 Å². The highest BCUT2D eigenvalue weighted by molar-refractivity contribution is 5.87. The number of carbonyl (C=O) groups is 2. The topological polar surface area (TPSA) is 52.6 Å². The van der Waals surface area contributed by atoms with Crippen molar-refractivity contribution < 1.29 is 19.1 Å². The fourth-order valence-corrected chi connectivity index (χ4v) is 4.72. The summed E-state index contributed by atoms with van der Waals surface area (Å²) in [6.07, 6.45) is 0. The van der Waals surface area contributed by atoms with Crippen LogP contribution in [0, 0.1) is 11.8 Å². The van der Waals surface area contributed by atoms with E-state index in [-0.39, 0.29) is 23.8 Å². The molecule has 3 aliphatic rings. The molecule has 0 aliphatic heterocycles. The van der Waals surface area contributed by atoms with Gasteiger partial charge in [-0.1, -0.05) is 48.5 Å². The number of carbonyl (C=O) groups excluding carboxylic acids is 2. The molecule has 0 unspecified atom stereocenters. The highest BCUT2D eigenvalue weighted by atomic mass is 16.5. The Balaban J connectivity index is 1.94. The monoisotopic (exact) mass is 350 g/mol. The van der Waals surface area contributed by atoms with Crippen molar-refractivity contribution >= 4 is 11.9 Å². The molecule has 0 saturated carbocycles. The van der Waals surface area contributed by atoms with Gasteiger partial charge in [0, 0.05) is 11.8 Å². The second kappa shape index (κ2) is 6.60. The van der Waals surface area contributed by atoms with Crippen LogP contribution in [0.1, 0.15) is 47.9 Å². The first kappa shape index (κ1) is 16.8. The molecule has 0 radical (unpaired) electrons. The van der Waals surface area contributed by atoms with E-state index in [1.807, 2.05) is 24.3 Å².